The molecule has 0 spiro atoms. The zero-order valence-corrected chi connectivity index (χ0v) is 14.0. The van der Waals surface area contributed by atoms with Gasteiger partial charge in [0.25, 0.3) is 5.91 Å². The Bertz CT molecular complexity index is 707. The van der Waals surface area contributed by atoms with Crippen LogP contribution in [0, 0.1) is 0 Å². The second-order valence-corrected chi connectivity index (χ2v) is 7.08. The molecule has 126 valence electrons. The first kappa shape index (κ1) is 16.6. The van der Waals surface area contributed by atoms with Crippen LogP contribution < -0.4 is 5.32 Å². The van der Waals surface area contributed by atoms with Gasteiger partial charge in [0.1, 0.15) is 5.54 Å². The van der Waals surface area contributed by atoms with E-state index in [2.05, 4.69) is 10.4 Å². The number of carbonyl (C=O) groups excluding carboxylic acids is 1. The van der Waals surface area contributed by atoms with E-state index in [1.54, 1.807) is 34.8 Å². The van der Waals surface area contributed by atoms with Crippen LogP contribution in [-0.2, 0) is 11.3 Å². The van der Waals surface area contributed by atoms with Crippen molar-refractivity contribution in [2.75, 3.05) is 11.5 Å². The first-order chi connectivity index (χ1) is 11.6. The van der Waals surface area contributed by atoms with E-state index in [-0.39, 0.29) is 5.91 Å². The Hall–Kier alpha value is -2.28. The largest absolute Gasteiger partial charge is 0.480 e. The Morgan fingerprint density at radius 3 is 2.54 bits per heavy atom. The zero-order valence-electron chi connectivity index (χ0n) is 13.1. The summed E-state index contributed by atoms with van der Waals surface area (Å²) in [5.41, 5.74) is 0.353. The molecular formula is C17H19N3O3S. The lowest BCUT2D eigenvalue weighted by molar-refractivity contribution is -0.144. The number of nitrogens with zero attached hydrogens (tertiary/aromatic N) is 2. The van der Waals surface area contributed by atoms with Crippen molar-refractivity contribution < 1.29 is 14.7 Å². The minimum Gasteiger partial charge on any atom is -0.480 e. The van der Waals surface area contributed by atoms with E-state index in [9.17, 15) is 14.7 Å². The van der Waals surface area contributed by atoms with Crippen molar-refractivity contribution in [1.29, 1.82) is 0 Å². The summed E-state index contributed by atoms with van der Waals surface area (Å²) in [6, 6.07) is 9.03. The number of carbonyl (C=O) groups is 2. The standard InChI is InChI=1S/C17H19N3O3S/c21-15(19-17(16(22)23)6-10-24-11-7-17)14-4-2-13(3-5-14)12-20-9-1-8-18-20/h1-5,8-9H,6-7,10-12H2,(H,19,21)(H,22,23). The fourth-order valence-corrected chi connectivity index (χ4v) is 3.93. The van der Waals surface area contributed by atoms with Gasteiger partial charge in [0.15, 0.2) is 0 Å². The maximum absolute atomic E-state index is 12.5. The monoisotopic (exact) mass is 345 g/mol. The van der Waals surface area contributed by atoms with E-state index < -0.39 is 11.5 Å². The van der Waals surface area contributed by atoms with Gasteiger partial charge in [-0.1, -0.05) is 12.1 Å². The Kier molecular flexibility index (Phi) is 4.89. The number of thioether (sulfide) groups is 1. The lowest BCUT2D eigenvalue weighted by Gasteiger charge is -2.33. The van der Waals surface area contributed by atoms with Gasteiger partial charge < -0.3 is 10.4 Å². The summed E-state index contributed by atoms with van der Waals surface area (Å²) in [6.45, 7) is 0.630. The molecule has 2 N–H and O–H groups in total. The topological polar surface area (TPSA) is 84.2 Å². The van der Waals surface area contributed by atoms with Gasteiger partial charge in [-0.05, 0) is 48.1 Å². The minimum atomic E-state index is -1.14. The Morgan fingerprint density at radius 2 is 1.96 bits per heavy atom. The normalized spacial score (nSPS) is 16.5. The van der Waals surface area contributed by atoms with Crippen molar-refractivity contribution in [3.8, 4) is 0 Å². The van der Waals surface area contributed by atoms with Crippen molar-refractivity contribution in [3.63, 3.8) is 0 Å². The lowest BCUT2D eigenvalue weighted by atomic mass is 9.91. The molecule has 0 bridgehead atoms. The summed E-state index contributed by atoms with van der Waals surface area (Å²) in [6.07, 6.45) is 4.50. The van der Waals surface area contributed by atoms with Crippen molar-refractivity contribution >= 4 is 23.6 Å². The highest BCUT2D eigenvalue weighted by Crippen LogP contribution is 2.27. The number of carboxylic acids is 1. The number of hydrogen-bond acceptors (Lipinski definition) is 4. The Balaban J connectivity index is 1.69. The molecule has 2 heterocycles. The molecule has 6 nitrogen and oxygen atoms in total. The van der Waals surface area contributed by atoms with Gasteiger partial charge >= 0.3 is 5.97 Å². The molecule has 0 saturated carbocycles. The molecule has 0 radical (unpaired) electrons. The quantitative estimate of drug-likeness (QED) is 0.866. The highest BCUT2D eigenvalue weighted by atomic mass is 32.2. The summed E-state index contributed by atoms with van der Waals surface area (Å²) in [4.78, 5) is 24.1. The van der Waals surface area contributed by atoms with Crippen molar-refractivity contribution in [1.82, 2.24) is 15.1 Å². The summed E-state index contributed by atoms with van der Waals surface area (Å²) in [5.74, 6) is 0.200. The highest BCUT2D eigenvalue weighted by Gasteiger charge is 2.41. The van der Waals surface area contributed by atoms with Gasteiger partial charge in [0.05, 0.1) is 6.54 Å². The average molecular weight is 345 g/mol. The predicted octanol–water partition coefficient (Wildman–Crippen LogP) is 2.01. The summed E-state index contributed by atoms with van der Waals surface area (Å²) in [7, 11) is 0. The van der Waals surface area contributed by atoms with Crippen LogP contribution in [0.2, 0.25) is 0 Å². The second kappa shape index (κ2) is 7.09. The molecule has 3 rings (SSSR count). The summed E-state index contributed by atoms with van der Waals surface area (Å²) < 4.78 is 1.80. The number of carboxylic acid groups (broad SMARTS) is 1. The molecule has 24 heavy (non-hydrogen) atoms. The molecule has 7 heteroatoms. The van der Waals surface area contributed by atoms with Crippen LogP contribution in [0.1, 0.15) is 28.8 Å². The number of aromatic nitrogens is 2. The van der Waals surface area contributed by atoms with Gasteiger partial charge in [-0.15, -0.1) is 0 Å². The Morgan fingerprint density at radius 1 is 1.25 bits per heavy atom. The third kappa shape index (κ3) is 3.62. The van der Waals surface area contributed by atoms with Gasteiger partial charge in [-0.25, -0.2) is 4.79 Å². The molecule has 1 aromatic heterocycles. The molecule has 1 aliphatic rings. The Labute approximate surface area is 144 Å². The number of hydrogen-bond donors (Lipinski definition) is 2. The third-order valence-electron chi connectivity index (χ3n) is 4.23. The van der Waals surface area contributed by atoms with E-state index in [4.69, 9.17) is 0 Å². The van der Waals surface area contributed by atoms with Crippen LogP contribution in [0.4, 0.5) is 0 Å². The van der Waals surface area contributed by atoms with Crippen LogP contribution in [0.15, 0.2) is 42.7 Å². The third-order valence-corrected chi connectivity index (χ3v) is 5.21. The summed E-state index contributed by atoms with van der Waals surface area (Å²) >= 11 is 1.72. The van der Waals surface area contributed by atoms with E-state index in [1.165, 1.54) is 0 Å². The van der Waals surface area contributed by atoms with Crippen molar-refractivity contribution in [3.05, 3.63) is 53.9 Å². The summed E-state index contributed by atoms with van der Waals surface area (Å²) in [5, 5.41) is 16.4. The number of benzene rings is 1. The maximum Gasteiger partial charge on any atom is 0.329 e. The molecule has 1 amide bonds. The first-order valence-corrected chi connectivity index (χ1v) is 8.95. The van der Waals surface area contributed by atoms with Crippen LogP contribution in [0.5, 0.6) is 0 Å². The van der Waals surface area contributed by atoms with Gasteiger partial charge in [0.2, 0.25) is 0 Å². The van der Waals surface area contributed by atoms with Crippen LogP contribution in [0.3, 0.4) is 0 Å². The molecule has 1 aliphatic heterocycles. The molecule has 2 aromatic rings. The molecular weight excluding hydrogens is 326 g/mol. The SMILES string of the molecule is O=C(NC1(C(=O)O)CCSCC1)c1ccc(Cn2cccn2)cc1. The molecule has 0 unspecified atom stereocenters. The van der Waals surface area contributed by atoms with Crippen molar-refractivity contribution in [2.24, 2.45) is 0 Å². The molecule has 1 fully saturated rings. The van der Waals surface area contributed by atoms with Crippen molar-refractivity contribution in [2.45, 2.75) is 24.9 Å². The van der Waals surface area contributed by atoms with Gasteiger partial charge in [-0.3, -0.25) is 9.48 Å². The number of nitrogens with one attached hydrogen (secondary N) is 1. The predicted molar refractivity (Wildman–Crippen MR) is 92.2 cm³/mol. The van der Waals surface area contributed by atoms with E-state index >= 15 is 0 Å². The molecule has 0 atom stereocenters. The molecule has 0 aliphatic carbocycles. The van der Waals surface area contributed by atoms with Gasteiger partial charge in [0, 0.05) is 18.0 Å². The smallest absolute Gasteiger partial charge is 0.329 e. The fraction of sp³-hybridized carbons (Fsp3) is 0.353. The molecule has 1 saturated heterocycles. The van der Waals surface area contributed by atoms with Crippen LogP contribution in [-0.4, -0.2) is 43.8 Å². The lowest BCUT2D eigenvalue weighted by Crippen LogP contribution is -2.56. The van der Waals surface area contributed by atoms with E-state index in [1.807, 2.05) is 24.4 Å². The van der Waals surface area contributed by atoms with Crippen LogP contribution in [0.25, 0.3) is 0 Å². The van der Waals surface area contributed by atoms with Crippen LogP contribution >= 0.6 is 11.8 Å². The van der Waals surface area contributed by atoms with E-state index in [0.717, 1.165) is 17.1 Å². The van der Waals surface area contributed by atoms with E-state index in [0.29, 0.717) is 24.9 Å². The second-order valence-electron chi connectivity index (χ2n) is 5.85. The minimum absolute atomic E-state index is 0.338. The first-order valence-electron chi connectivity index (χ1n) is 7.79. The zero-order chi connectivity index (χ0) is 17.0. The fourth-order valence-electron chi connectivity index (χ4n) is 2.74. The highest BCUT2D eigenvalue weighted by molar-refractivity contribution is 7.99. The number of aliphatic carboxylic acids is 1. The maximum atomic E-state index is 12.5. The van der Waals surface area contributed by atoms with Gasteiger partial charge in [-0.2, -0.15) is 16.9 Å². The number of amides is 1. The number of rotatable bonds is 5. The molecule has 1 aromatic carbocycles. The average Bonchev–Trinajstić information content (AvgIpc) is 3.09.